The summed E-state index contributed by atoms with van der Waals surface area (Å²) >= 11 is 0. The fourth-order valence-corrected chi connectivity index (χ4v) is 1.92. The fraction of sp³-hybridized carbons (Fsp3) is 0.200. The van der Waals surface area contributed by atoms with Crippen LogP contribution in [0.2, 0.25) is 0 Å². The van der Waals surface area contributed by atoms with Crippen molar-refractivity contribution in [3.05, 3.63) is 36.4 Å². The highest BCUT2D eigenvalue weighted by Crippen LogP contribution is 2.35. The number of phenolic OH excluding ortho intramolecular Hbond substituents is 1. The molecule has 0 aromatic heterocycles. The number of phenols is 1. The molecule has 0 saturated carbocycles. The maximum Gasteiger partial charge on any atom is 0.573 e. The van der Waals surface area contributed by atoms with E-state index in [4.69, 9.17) is 9.47 Å². The minimum Gasteiger partial charge on any atom is -0.508 e. The molecule has 0 radical (unpaired) electrons. The van der Waals surface area contributed by atoms with Gasteiger partial charge in [0.05, 0.1) is 14.2 Å². The van der Waals surface area contributed by atoms with E-state index in [9.17, 15) is 18.3 Å². The topological polar surface area (TPSA) is 47.9 Å². The third kappa shape index (κ3) is 3.97. The number of benzene rings is 2. The molecule has 4 nitrogen and oxygen atoms in total. The largest absolute Gasteiger partial charge is 0.573 e. The average molecular weight is 314 g/mol. The SMILES string of the molecule is COc1cc(OC)cc(-c2cc(O)cc(OC(F)(F)F)c2)c1. The zero-order chi connectivity index (χ0) is 16.3. The average Bonchev–Trinajstić information content (AvgIpc) is 2.44. The quantitative estimate of drug-likeness (QED) is 0.927. The number of methoxy groups -OCH3 is 2. The summed E-state index contributed by atoms with van der Waals surface area (Å²) in [4.78, 5) is 0. The van der Waals surface area contributed by atoms with E-state index >= 15 is 0 Å². The lowest BCUT2D eigenvalue weighted by atomic mass is 10.0. The zero-order valence-corrected chi connectivity index (χ0v) is 11.8. The van der Waals surface area contributed by atoms with E-state index in [2.05, 4.69) is 4.74 Å². The number of alkyl halides is 3. The summed E-state index contributed by atoms with van der Waals surface area (Å²) in [6.45, 7) is 0. The summed E-state index contributed by atoms with van der Waals surface area (Å²) in [5, 5.41) is 9.60. The molecule has 0 bridgehead atoms. The first-order chi connectivity index (χ1) is 10.3. The molecule has 0 aliphatic rings. The third-order valence-corrected chi connectivity index (χ3v) is 2.81. The van der Waals surface area contributed by atoms with Gasteiger partial charge in [-0.25, -0.2) is 0 Å². The molecule has 0 aliphatic heterocycles. The van der Waals surface area contributed by atoms with Crippen molar-refractivity contribution in [2.75, 3.05) is 14.2 Å². The van der Waals surface area contributed by atoms with Crippen molar-refractivity contribution in [1.29, 1.82) is 0 Å². The molecule has 0 aliphatic carbocycles. The van der Waals surface area contributed by atoms with Crippen LogP contribution >= 0.6 is 0 Å². The van der Waals surface area contributed by atoms with Gasteiger partial charge < -0.3 is 19.3 Å². The van der Waals surface area contributed by atoms with E-state index in [1.54, 1.807) is 18.2 Å². The minimum absolute atomic E-state index is 0.330. The van der Waals surface area contributed by atoms with Crippen LogP contribution in [0.5, 0.6) is 23.0 Å². The molecular weight excluding hydrogens is 301 g/mol. The highest BCUT2D eigenvalue weighted by Gasteiger charge is 2.31. The Labute approximate surface area is 124 Å². The van der Waals surface area contributed by atoms with Crippen LogP contribution in [-0.4, -0.2) is 25.7 Å². The van der Waals surface area contributed by atoms with Gasteiger partial charge in [-0.3, -0.25) is 0 Å². The smallest absolute Gasteiger partial charge is 0.508 e. The van der Waals surface area contributed by atoms with Crippen LogP contribution in [0.3, 0.4) is 0 Å². The third-order valence-electron chi connectivity index (χ3n) is 2.81. The van der Waals surface area contributed by atoms with Crippen LogP contribution < -0.4 is 14.2 Å². The summed E-state index contributed by atoms with van der Waals surface area (Å²) in [5.41, 5.74) is 0.843. The van der Waals surface area contributed by atoms with Gasteiger partial charge in [-0.2, -0.15) is 0 Å². The Morgan fingerprint density at radius 2 is 1.27 bits per heavy atom. The number of aromatic hydroxyl groups is 1. The van der Waals surface area contributed by atoms with Gasteiger partial charge in [0.2, 0.25) is 0 Å². The van der Waals surface area contributed by atoms with Crippen molar-refractivity contribution in [3.63, 3.8) is 0 Å². The van der Waals surface area contributed by atoms with Gasteiger partial charge in [0.15, 0.2) is 0 Å². The predicted octanol–water partition coefficient (Wildman–Crippen LogP) is 3.98. The summed E-state index contributed by atoms with van der Waals surface area (Å²) in [7, 11) is 2.92. The van der Waals surface area contributed by atoms with Crippen molar-refractivity contribution in [2.24, 2.45) is 0 Å². The summed E-state index contributed by atoms with van der Waals surface area (Å²) in [6.07, 6.45) is -4.84. The van der Waals surface area contributed by atoms with Crippen LogP contribution in [0.25, 0.3) is 11.1 Å². The first-order valence-corrected chi connectivity index (χ1v) is 6.14. The maximum atomic E-state index is 12.3. The van der Waals surface area contributed by atoms with Gasteiger partial charge in [0.25, 0.3) is 0 Å². The molecule has 0 spiro atoms. The number of rotatable bonds is 4. The number of halogens is 3. The van der Waals surface area contributed by atoms with Crippen LogP contribution in [0.1, 0.15) is 0 Å². The maximum absolute atomic E-state index is 12.3. The van der Waals surface area contributed by atoms with Gasteiger partial charge in [-0.1, -0.05) is 0 Å². The second-order valence-electron chi connectivity index (χ2n) is 4.36. The number of hydrogen-bond donors (Lipinski definition) is 1. The summed E-state index contributed by atoms with van der Waals surface area (Å²) < 4.78 is 50.9. The Morgan fingerprint density at radius 3 is 1.77 bits per heavy atom. The van der Waals surface area contributed by atoms with Crippen LogP contribution in [0.4, 0.5) is 13.2 Å². The molecule has 0 heterocycles. The van der Waals surface area contributed by atoms with Crippen LogP contribution in [-0.2, 0) is 0 Å². The molecule has 2 aromatic carbocycles. The molecule has 0 fully saturated rings. The van der Waals surface area contributed by atoms with E-state index in [0.29, 0.717) is 22.6 Å². The molecule has 0 amide bonds. The number of ether oxygens (including phenoxy) is 3. The molecule has 118 valence electrons. The van der Waals surface area contributed by atoms with Gasteiger partial charge >= 0.3 is 6.36 Å². The standard InChI is InChI=1S/C15H13F3O4/c1-20-12-4-10(5-13(8-12)21-2)9-3-11(19)7-14(6-9)22-15(16,17)18/h3-8,19H,1-2H3. The monoisotopic (exact) mass is 314 g/mol. The molecule has 2 rings (SSSR count). The van der Waals surface area contributed by atoms with Crippen LogP contribution in [0, 0.1) is 0 Å². The highest BCUT2D eigenvalue weighted by atomic mass is 19.4. The molecule has 2 aromatic rings. The van der Waals surface area contributed by atoms with E-state index < -0.39 is 12.1 Å². The predicted molar refractivity (Wildman–Crippen MR) is 73.3 cm³/mol. The Morgan fingerprint density at radius 1 is 0.773 bits per heavy atom. The molecule has 22 heavy (non-hydrogen) atoms. The lowest BCUT2D eigenvalue weighted by Gasteiger charge is -2.12. The van der Waals surface area contributed by atoms with Crippen molar-refractivity contribution in [1.82, 2.24) is 0 Å². The Hall–Kier alpha value is -2.57. The molecule has 1 N–H and O–H groups in total. The lowest BCUT2D eigenvalue weighted by Crippen LogP contribution is -2.17. The minimum atomic E-state index is -4.84. The van der Waals surface area contributed by atoms with Crippen molar-refractivity contribution in [3.8, 4) is 34.1 Å². The van der Waals surface area contributed by atoms with Gasteiger partial charge in [0, 0.05) is 12.1 Å². The Kier molecular flexibility index (Phi) is 4.35. The normalized spacial score (nSPS) is 11.1. The second-order valence-corrected chi connectivity index (χ2v) is 4.36. The molecule has 7 heteroatoms. The molecule has 0 saturated heterocycles. The lowest BCUT2D eigenvalue weighted by molar-refractivity contribution is -0.274. The van der Waals surface area contributed by atoms with Crippen LogP contribution in [0.15, 0.2) is 36.4 Å². The van der Waals surface area contributed by atoms with Gasteiger partial charge in [0.1, 0.15) is 23.0 Å². The summed E-state index contributed by atoms with van der Waals surface area (Å²) in [6, 6.07) is 8.20. The van der Waals surface area contributed by atoms with Crippen molar-refractivity contribution < 1.29 is 32.5 Å². The molecular formula is C15H13F3O4. The highest BCUT2D eigenvalue weighted by molar-refractivity contribution is 5.70. The zero-order valence-electron chi connectivity index (χ0n) is 11.8. The van der Waals surface area contributed by atoms with E-state index in [0.717, 1.165) is 6.07 Å². The molecule has 0 atom stereocenters. The van der Waals surface area contributed by atoms with E-state index in [1.165, 1.54) is 26.4 Å². The fourth-order valence-electron chi connectivity index (χ4n) is 1.92. The Balaban J connectivity index is 2.48. The first-order valence-electron chi connectivity index (χ1n) is 6.14. The molecule has 0 unspecified atom stereocenters. The second kappa shape index (κ2) is 6.05. The van der Waals surface area contributed by atoms with E-state index in [1.807, 2.05) is 0 Å². The summed E-state index contributed by atoms with van der Waals surface area (Å²) in [5.74, 6) is 0.0785. The van der Waals surface area contributed by atoms with Gasteiger partial charge in [-0.15, -0.1) is 13.2 Å². The Bertz CT molecular complexity index is 646. The van der Waals surface area contributed by atoms with Gasteiger partial charge in [-0.05, 0) is 35.4 Å². The first kappa shape index (κ1) is 15.8. The van der Waals surface area contributed by atoms with Crippen molar-refractivity contribution >= 4 is 0 Å². The van der Waals surface area contributed by atoms with E-state index in [-0.39, 0.29) is 5.75 Å². The number of hydrogen-bond acceptors (Lipinski definition) is 4. The van der Waals surface area contributed by atoms with Crippen molar-refractivity contribution in [2.45, 2.75) is 6.36 Å².